The number of rotatable bonds is 7. The largest absolute Gasteiger partial charge is 0.497 e. The van der Waals surface area contributed by atoms with Crippen LogP contribution in [0.25, 0.3) is 0 Å². The molecule has 1 saturated heterocycles. The molecule has 2 fully saturated rings. The van der Waals surface area contributed by atoms with Crippen molar-refractivity contribution >= 4 is 21.4 Å². The lowest BCUT2D eigenvalue weighted by atomic mass is 9.84. The summed E-state index contributed by atoms with van der Waals surface area (Å²) < 4.78 is 34.4. The minimum Gasteiger partial charge on any atom is -0.497 e. The summed E-state index contributed by atoms with van der Waals surface area (Å²) in [7, 11) is 0.142. The lowest BCUT2D eigenvalue weighted by Crippen LogP contribution is -2.51. The Morgan fingerprint density at radius 3 is 2.45 bits per heavy atom. The van der Waals surface area contributed by atoms with Gasteiger partial charge < -0.3 is 14.8 Å². The second-order valence-electron chi connectivity index (χ2n) is 8.00. The van der Waals surface area contributed by atoms with Crippen LogP contribution in [-0.4, -0.2) is 64.1 Å². The van der Waals surface area contributed by atoms with E-state index in [-0.39, 0.29) is 23.5 Å². The van der Waals surface area contributed by atoms with Crippen LogP contribution >= 0.6 is 0 Å². The van der Waals surface area contributed by atoms with Crippen molar-refractivity contribution in [3.8, 4) is 11.5 Å². The van der Waals surface area contributed by atoms with Crippen LogP contribution in [0.1, 0.15) is 38.5 Å². The van der Waals surface area contributed by atoms with Crippen molar-refractivity contribution in [2.24, 2.45) is 5.92 Å². The minimum atomic E-state index is -3.00. The smallest absolute Gasteiger partial charge is 0.241 e. The fourth-order valence-corrected chi connectivity index (χ4v) is 5.56. The molecule has 3 rings (SSSR count). The zero-order valence-corrected chi connectivity index (χ0v) is 18.2. The van der Waals surface area contributed by atoms with Crippen molar-refractivity contribution in [1.29, 1.82) is 0 Å². The second-order valence-corrected chi connectivity index (χ2v) is 10.3. The lowest BCUT2D eigenvalue weighted by molar-refractivity contribution is -0.122. The van der Waals surface area contributed by atoms with Crippen molar-refractivity contribution < 1.29 is 22.7 Å². The number of amides is 1. The van der Waals surface area contributed by atoms with E-state index < -0.39 is 9.84 Å². The van der Waals surface area contributed by atoms with Gasteiger partial charge in [-0.3, -0.25) is 9.69 Å². The maximum Gasteiger partial charge on any atom is 0.241 e. The van der Waals surface area contributed by atoms with Gasteiger partial charge in [0.2, 0.25) is 5.91 Å². The molecule has 0 radical (unpaired) electrons. The first-order valence-electron chi connectivity index (χ1n) is 10.4. The van der Waals surface area contributed by atoms with Gasteiger partial charge in [0.25, 0.3) is 0 Å². The Labute approximate surface area is 173 Å². The molecule has 0 bridgehead atoms. The average Bonchev–Trinajstić information content (AvgIpc) is 2.73. The highest BCUT2D eigenvalue weighted by Gasteiger charge is 2.33. The van der Waals surface area contributed by atoms with Crippen LogP contribution in [0.4, 0.5) is 5.69 Å². The summed E-state index contributed by atoms with van der Waals surface area (Å²) in [4.78, 5) is 15.4. The van der Waals surface area contributed by atoms with Gasteiger partial charge in [-0.2, -0.15) is 0 Å². The van der Waals surface area contributed by atoms with Gasteiger partial charge >= 0.3 is 0 Å². The molecule has 1 aliphatic heterocycles. The Kier molecular flexibility index (Phi) is 7.40. The Morgan fingerprint density at radius 1 is 1.14 bits per heavy atom. The van der Waals surface area contributed by atoms with E-state index >= 15 is 0 Å². The number of methoxy groups -OCH3 is 2. The molecule has 2 aliphatic rings. The fraction of sp³-hybridized carbons (Fsp3) is 0.667. The zero-order chi connectivity index (χ0) is 20.9. The zero-order valence-electron chi connectivity index (χ0n) is 17.4. The molecule has 0 spiro atoms. The van der Waals surface area contributed by atoms with Gasteiger partial charge in [-0.1, -0.05) is 32.1 Å². The molecule has 162 valence electrons. The molecule has 1 aromatic rings. The molecule has 1 N–H and O–H groups in total. The summed E-state index contributed by atoms with van der Waals surface area (Å²) >= 11 is 0. The number of benzene rings is 1. The van der Waals surface area contributed by atoms with Gasteiger partial charge in [0, 0.05) is 19.2 Å². The molecule has 0 aromatic heterocycles. The first kappa shape index (κ1) is 21.9. The van der Waals surface area contributed by atoms with Crippen molar-refractivity contribution in [2.45, 2.75) is 44.6 Å². The Hall–Kier alpha value is -1.80. The van der Waals surface area contributed by atoms with Gasteiger partial charge in [0.15, 0.2) is 9.84 Å². The molecule has 1 atom stereocenters. The Balaban J connectivity index is 1.78. The normalized spacial score (nSPS) is 21.3. The third-order valence-electron chi connectivity index (χ3n) is 6.07. The molecule has 1 amide bonds. The summed E-state index contributed by atoms with van der Waals surface area (Å²) in [6.45, 7) is 0.810. The number of nitrogens with zero attached hydrogens (tertiary/aromatic N) is 1. The molecular formula is C21H32N2O5S. The molecule has 8 heteroatoms. The standard InChI is InChI=1S/C21H32N2O5S/c1-27-17-8-9-20(28-2)18(15-17)22-21(24)19(14-16-6-4-3-5-7-16)23-10-12-29(25,26)13-11-23/h8-9,15-16,19H,3-7,10-14H2,1-2H3,(H,22,24)/t19-/m0/s1. The minimum absolute atomic E-state index is 0.110. The molecule has 1 aliphatic carbocycles. The van der Waals surface area contributed by atoms with Crippen molar-refractivity contribution in [3.63, 3.8) is 0 Å². The van der Waals surface area contributed by atoms with Crippen LogP contribution in [0, 0.1) is 5.92 Å². The number of carbonyl (C=O) groups excluding carboxylic acids is 1. The van der Waals surface area contributed by atoms with Crippen LogP contribution in [0.5, 0.6) is 11.5 Å². The SMILES string of the molecule is COc1ccc(OC)c(NC(=O)[C@H](CC2CCCCC2)N2CCS(=O)(=O)CC2)c1. The van der Waals surface area contributed by atoms with E-state index in [2.05, 4.69) is 5.32 Å². The monoisotopic (exact) mass is 424 g/mol. The van der Waals surface area contributed by atoms with E-state index in [0.717, 1.165) is 19.3 Å². The molecule has 7 nitrogen and oxygen atoms in total. The van der Waals surface area contributed by atoms with Gasteiger partial charge in [-0.05, 0) is 24.5 Å². The van der Waals surface area contributed by atoms with Gasteiger partial charge in [0.05, 0.1) is 37.5 Å². The third kappa shape index (κ3) is 5.85. The summed E-state index contributed by atoms with van der Waals surface area (Å²) in [5.74, 6) is 1.82. The summed E-state index contributed by atoms with van der Waals surface area (Å²) in [5.41, 5.74) is 0.565. The predicted molar refractivity (Wildman–Crippen MR) is 113 cm³/mol. The van der Waals surface area contributed by atoms with Gasteiger partial charge in [0.1, 0.15) is 11.5 Å². The number of nitrogens with one attached hydrogen (secondary N) is 1. The van der Waals surface area contributed by atoms with E-state index in [9.17, 15) is 13.2 Å². The number of anilines is 1. The van der Waals surface area contributed by atoms with Crippen LogP contribution in [0.3, 0.4) is 0 Å². The van der Waals surface area contributed by atoms with E-state index in [0.29, 0.717) is 36.2 Å². The van der Waals surface area contributed by atoms with Crippen LogP contribution in [-0.2, 0) is 14.6 Å². The van der Waals surface area contributed by atoms with Crippen molar-refractivity contribution in [3.05, 3.63) is 18.2 Å². The van der Waals surface area contributed by atoms with Crippen molar-refractivity contribution in [1.82, 2.24) is 4.90 Å². The molecule has 29 heavy (non-hydrogen) atoms. The van der Waals surface area contributed by atoms with E-state index in [1.165, 1.54) is 19.3 Å². The Morgan fingerprint density at radius 2 is 1.83 bits per heavy atom. The Bertz CT molecular complexity index is 791. The summed E-state index contributed by atoms with van der Waals surface area (Å²) in [6.07, 6.45) is 6.71. The van der Waals surface area contributed by atoms with Crippen LogP contribution in [0.15, 0.2) is 18.2 Å². The highest BCUT2D eigenvalue weighted by molar-refractivity contribution is 7.91. The van der Waals surface area contributed by atoms with Crippen molar-refractivity contribution in [2.75, 3.05) is 44.1 Å². The second kappa shape index (κ2) is 9.80. The molecule has 1 heterocycles. The quantitative estimate of drug-likeness (QED) is 0.724. The van der Waals surface area contributed by atoms with E-state index in [4.69, 9.17) is 9.47 Å². The first-order chi connectivity index (χ1) is 13.9. The number of ether oxygens (including phenoxy) is 2. The molecular weight excluding hydrogens is 392 g/mol. The van der Waals surface area contributed by atoms with Gasteiger partial charge in [-0.25, -0.2) is 8.42 Å². The fourth-order valence-electron chi connectivity index (χ4n) is 4.33. The molecule has 0 unspecified atom stereocenters. The predicted octanol–water partition coefficient (Wildman–Crippen LogP) is 2.71. The highest BCUT2D eigenvalue weighted by atomic mass is 32.2. The lowest BCUT2D eigenvalue weighted by Gasteiger charge is -2.36. The average molecular weight is 425 g/mol. The maximum atomic E-state index is 13.3. The van der Waals surface area contributed by atoms with E-state index in [1.54, 1.807) is 32.4 Å². The topological polar surface area (TPSA) is 84.9 Å². The van der Waals surface area contributed by atoms with E-state index in [1.807, 2.05) is 4.90 Å². The number of hydrogen-bond acceptors (Lipinski definition) is 6. The maximum absolute atomic E-state index is 13.3. The third-order valence-corrected chi connectivity index (χ3v) is 7.68. The number of hydrogen-bond donors (Lipinski definition) is 1. The summed E-state index contributed by atoms with van der Waals surface area (Å²) in [6, 6.07) is 4.95. The first-order valence-corrected chi connectivity index (χ1v) is 12.2. The molecule has 1 saturated carbocycles. The van der Waals surface area contributed by atoms with Crippen LogP contribution < -0.4 is 14.8 Å². The number of carbonyl (C=O) groups is 1. The number of sulfone groups is 1. The summed E-state index contributed by atoms with van der Waals surface area (Å²) in [5, 5.41) is 3.01. The molecule has 1 aromatic carbocycles. The highest BCUT2D eigenvalue weighted by Crippen LogP contribution is 2.32. The van der Waals surface area contributed by atoms with Crippen LogP contribution in [0.2, 0.25) is 0 Å². The van der Waals surface area contributed by atoms with Gasteiger partial charge in [-0.15, -0.1) is 0 Å².